The molecule has 0 aliphatic carbocycles. The Kier molecular flexibility index (Phi) is 5.18. The smallest absolute Gasteiger partial charge is 0.337 e. The molecular weight excluding hydrogens is 366 g/mol. The minimum Gasteiger partial charge on any atom is -0.478 e. The van der Waals surface area contributed by atoms with Crippen molar-refractivity contribution in [3.8, 4) is 11.5 Å². The summed E-state index contributed by atoms with van der Waals surface area (Å²) < 4.78 is 5.99. The van der Waals surface area contributed by atoms with E-state index in [0.29, 0.717) is 12.2 Å². The summed E-state index contributed by atoms with van der Waals surface area (Å²) in [5.41, 5.74) is 4.39. The second-order valence-corrected chi connectivity index (χ2v) is 7.31. The number of likely N-dealkylation sites (N-methyl/N-ethyl adjacent to an activating group) is 1. The highest BCUT2D eigenvalue weighted by atomic mass is 16.5. The zero-order chi connectivity index (χ0) is 20.4. The van der Waals surface area contributed by atoms with E-state index < -0.39 is 5.97 Å². The third-order valence-corrected chi connectivity index (χ3v) is 5.22. The molecule has 1 aromatic heterocycles. The van der Waals surface area contributed by atoms with Crippen molar-refractivity contribution in [3.63, 3.8) is 0 Å². The van der Waals surface area contributed by atoms with Gasteiger partial charge in [0.05, 0.1) is 23.5 Å². The van der Waals surface area contributed by atoms with Crippen molar-refractivity contribution in [1.29, 1.82) is 0 Å². The fraction of sp³-hybridized carbons (Fsp3) is 0.217. The van der Waals surface area contributed by atoms with E-state index in [1.807, 2.05) is 37.3 Å². The Hall–Kier alpha value is -3.38. The number of nitrogens with zero attached hydrogens (tertiary/aromatic N) is 2. The Balaban J connectivity index is 1.49. The molecule has 2 heterocycles. The maximum absolute atomic E-state index is 11.4. The highest BCUT2D eigenvalue weighted by Crippen LogP contribution is 2.36. The van der Waals surface area contributed by atoms with E-state index in [0.717, 1.165) is 18.0 Å². The van der Waals surface area contributed by atoms with Gasteiger partial charge >= 0.3 is 5.97 Å². The van der Waals surface area contributed by atoms with Gasteiger partial charge in [0.2, 0.25) is 0 Å². The van der Waals surface area contributed by atoms with Crippen LogP contribution in [0.5, 0.6) is 11.5 Å². The maximum Gasteiger partial charge on any atom is 0.337 e. The van der Waals surface area contributed by atoms with Gasteiger partial charge in [-0.2, -0.15) is 0 Å². The summed E-state index contributed by atoms with van der Waals surface area (Å²) in [4.78, 5) is 17.7. The first-order valence-electron chi connectivity index (χ1n) is 9.50. The van der Waals surface area contributed by atoms with Gasteiger partial charge in [-0.3, -0.25) is 9.88 Å². The fourth-order valence-electron chi connectivity index (χ4n) is 3.66. The molecule has 4 rings (SSSR count). The second kappa shape index (κ2) is 7.93. The van der Waals surface area contributed by atoms with Gasteiger partial charge in [0, 0.05) is 19.3 Å². The lowest BCUT2D eigenvalue weighted by molar-refractivity contribution is 0.0697. The number of rotatable bonds is 6. The lowest BCUT2D eigenvalue weighted by Crippen LogP contribution is -2.24. The summed E-state index contributed by atoms with van der Waals surface area (Å²) in [6, 6.07) is 15.8. The fourth-order valence-corrected chi connectivity index (χ4v) is 3.66. The van der Waals surface area contributed by atoms with Crippen molar-refractivity contribution in [2.75, 3.05) is 18.9 Å². The van der Waals surface area contributed by atoms with Crippen LogP contribution >= 0.6 is 0 Å². The number of aryl methyl sites for hydroxylation is 1. The van der Waals surface area contributed by atoms with Gasteiger partial charge in [-0.05, 0) is 55.4 Å². The molecule has 6 heteroatoms. The molecule has 6 nitrogen and oxygen atoms in total. The summed E-state index contributed by atoms with van der Waals surface area (Å²) in [5, 5.41) is 12.6. The number of ether oxygens (including phenoxy) is 1. The van der Waals surface area contributed by atoms with Gasteiger partial charge in [-0.1, -0.05) is 23.8 Å². The van der Waals surface area contributed by atoms with E-state index in [2.05, 4.69) is 34.4 Å². The highest BCUT2D eigenvalue weighted by Gasteiger charge is 2.28. The van der Waals surface area contributed by atoms with Crippen LogP contribution in [0.4, 0.5) is 5.69 Å². The van der Waals surface area contributed by atoms with Gasteiger partial charge in [-0.15, -0.1) is 0 Å². The van der Waals surface area contributed by atoms with Crippen molar-refractivity contribution in [2.45, 2.75) is 19.5 Å². The van der Waals surface area contributed by atoms with Crippen LogP contribution in [0.15, 0.2) is 60.9 Å². The van der Waals surface area contributed by atoms with Gasteiger partial charge in [0.15, 0.2) is 0 Å². The summed E-state index contributed by atoms with van der Waals surface area (Å²) in [7, 11) is 2.06. The Labute approximate surface area is 169 Å². The number of fused-ring (bicyclic) bond motifs is 1. The molecular formula is C23H23N3O3. The Bertz CT molecular complexity index is 1030. The molecule has 0 fully saturated rings. The van der Waals surface area contributed by atoms with Crippen LogP contribution in [-0.4, -0.2) is 34.6 Å². The number of hydrogen-bond acceptors (Lipinski definition) is 5. The standard InChI is InChI=1S/C23H23N3O3/c1-15-3-5-17(6-4-15)29-18-7-8-19-16(11-18)14-26(2)22(19)13-25-21-12-24-10-9-20(21)23(27)28/h3-12,22,25H,13-14H2,1-2H3,(H,27,28). The lowest BCUT2D eigenvalue weighted by atomic mass is 10.0. The molecule has 0 bridgehead atoms. The molecule has 2 aromatic carbocycles. The second-order valence-electron chi connectivity index (χ2n) is 7.31. The Morgan fingerprint density at radius 3 is 2.72 bits per heavy atom. The third kappa shape index (κ3) is 4.07. The van der Waals surface area contributed by atoms with Gasteiger partial charge < -0.3 is 15.2 Å². The van der Waals surface area contributed by atoms with Crippen LogP contribution in [0.3, 0.4) is 0 Å². The van der Waals surface area contributed by atoms with E-state index in [1.54, 1.807) is 6.20 Å². The molecule has 0 saturated carbocycles. The predicted molar refractivity (Wildman–Crippen MR) is 112 cm³/mol. The van der Waals surface area contributed by atoms with E-state index >= 15 is 0 Å². The molecule has 29 heavy (non-hydrogen) atoms. The first kappa shape index (κ1) is 19.0. The first-order valence-corrected chi connectivity index (χ1v) is 9.50. The average molecular weight is 389 g/mol. The number of aromatic carboxylic acids is 1. The van der Waals surface area contributed by atoms with Crippen molar-refractivity contribution in [2.24, 2.45) is 0 Å². The number of carbonyl (C=O) groups is 1. The molecule has 0 radical (unpaired) electrons. The number of aromatic nitrogens is 1. The topological polar surface area (TPSA) is 74.7 Å². The molecule has 0 spiro atoms. The minimum atomic E-state index is -0.965. The zero-order valence-electron chi connectivity index (χ0n) is 16.4. The number of benzene rings is 2. The summed E-state index contributed by atoms with van der Waals surface area (Å²) in [5.74, 6) is 0.668. The molecule has 1 aliphatic heterocycles. The molecule has 1 atom stereocenters. The van der Waals surface area contributed by atoms with Crippen LogP contribution < -0.4 is 10.1 Å². The Morgan fingerprint density at radius 1 is 1.21 bits per heavy atom. The number of pyridine rings is 1. The minimum absolute atomic E-state index is 0.139. The lowest BCUT2D eigenvalue weighted by Gasteiger charge is -2.22. The quantitative estimate of drug-likeness (QED) is 0.648. The normalized spacial score (nSPS) is 15.7. The molecule has 3 aromatic rings. The molecule has 0 saturated heterocycles. The van der Waals surface area contributed by atoms with Crippen molar-refractivity contribution in [1.82, 2.24) is 9.88 Å². The SMILES string of the molecule is Cc1ccc(Oc2ccc3c(c2)CN(C)C3CNc2cnccc2C(=O)O)cc1. The highest BCUT2D eigenvalue weighted by molar-refractivity contribution is 5.93. The number of hydrogen-bond donors (Lipinski definition) is 2. The van der Waals surface area contributed by atoms with Crippen LogP contribution in [0.25, 0.3) is 0 Å². The van der Waals surface area contributed by atoms with E-state index in [4.69, 9.17) is 4.74 Å². The van der Waals surface area contributed by atoms with E-state index in [9.17, 15) is 9.90 Å². The summed E-state index contributed by atoms with van der Waals surface area (Å²) >= 11 is 0. The number of nitrogens with one attached hydrogen (secondary N) is 1. The van der Waals surface area contributed by atoms with E-state index in [-0.39, 0.29) is 11.6 Å². The van der Waals surface area contributed by atoms with Gasteiger partial charge in [-0.25, -0.2) is 4.79 Å². The molecule has 148 valence electrons. The molecule has 1 unspecified atom stereocenters. The van der Waals surface area contributed by atoms with Crippen LogP contribution in [-0.2, 0) is 6.54 Å². The van der Waals surface area contributed by atoms with Crippen molar-refractivity contribution in [3.05, 3.63) is 83.2 Å². The molecule has 0 amide bonds. The summed E-state index contributed by atoms with van der Waals surface area (Å²) in [6.07, 6.45) is 3.04. The Morgan fingerprint density at radius 2 is 1.97 bits per heavy atom. The van der Waals surface area contributed by atoms with Crippen molar-refractivity contribution >= 4 is 11.7 Å². The van der Waals surface area contributed by atoms with Crippen LogP contribution in [0.2, 0.25) is 0 Å². The number of carboxylic acid groups (broad SMARTS) is 1. The monoisotopic (exact) mass is 389 g/mol. The average Bonchev–Trinajstić information content (AvgIpc) is 3.02. The summed E-state index contributed by atoms with van der Waals surface area (Å²) in [6.45, 7) is 3.45. The zero-order valence-corrected chi connectivity index (χ0v) is 16.4. The van der Waals surface area contributed by atoms with Gasteiger partial charge in [0.25, 0.3) is 0 Å². The van der Waals surface area contributed by atoms with Crippen LogP contribution in [0.1, 0.15) is 33.1 Å². The predicted octanol–water partition coefficient (Wildman–Crippen LogP) is 4.48. The van der Waals surface area contributed by atoms with Crippen molar-refractivity contribution < 1.29 is 14.6 Å². The maximum atomic E-state index is 11.4. The van der Waals surface area contributed by atoms with Gasteiger partial charge in [0.1, 0.15) is 11.5 Å². The third-order valence-electron chi connectivity index (χ3n) is 5.22. The largest absolute Gasteiger partial charge is 0.478 e. The number of carboxylic acids is 1. The molecule has 2 N–H and O–H groups in total. The first-order chi connectivity index (χ1) is 14.0. The number of anilines is 1. The van der Waals surface area contributed by atoms with E-state index in [1.165, 1.54) is 29.0 Å². The molecule has 1 aliphatic rings. The van der Waals surface area contributed by atoms with Crippen LogP contribution in [0, 0.1) is 6.92 Å².